The molecule has 1 saturated heterocycles. The minimum Gasteiger partial charge on any atom is -0.365 e. The third-order valence-electron chi connectivity index (χ3n) is 4.21. The summed E-state index contributed by atoms with van der Waals surface area (Å²) in [5.41, 5.74) is 0.829. The highest BCUT2D eigenvalue weighted by atomic mass is 16.6. The van der Waals surface area contributed by atoms with Crippen LogP contribution in [0.1, 0.15) is 13.0 Å². The van der Waals surface area contributed by atoms with Crippen molar-refractivity contribution in [2.45, 2.75) is 13.0 Å². The van der Waals surface area contributed by atoms with Gasteiger partial charge in [0, 0.05) is 44.6 Å². The number of hydrogen-bond donors (Lipinski definition) is 0. The second-order valence-corrected chi connectivity index (χ2v) is 5.63. The molecule has 0 spiro atoms. The summed E-state index contributed by atoms with van der Waals surface area (Å²) in [4.78, 5) is 34.4. The number of anilines is 1. The van der Waals surface area contributed by atoms with Gasteiger partial charge in [0.1, 0.15) is 6.04 Å². The molecular formula is C15H18N6O3. The summed E-state index contributed by atoms with van der Waals surface area (Å²) in [5.74, 6) is -0.101. The predicted molar refractivity (Wildman–Crippen MR) is 86.6 cm³/mol. The van der Waals surface area contributed by atoms with Crippen molar-refractivity contribution >= 4 is 17.4 Å². The smallest absolute Gasteiger partial charge is 0.363 e. The number of hydrogen-bond acceptors (Lipinski definition) is 6. The lowest BCUT2D eigenvalue weighted by atomic mass is 10.2. The normalized spacial score (nSPS) is 16.0. The Morgan fingerprint density at radius 1 is 1.29 bits per heavy atom. The van der Waals surface area contributed by atoms with Gasteiger partial charge in [-0.05, 0) is 22.9 Å². The molecule has 1 atom stereocenters. The van der Waals surface area contributed by atoms with E-state index in [0.717, 1.165) is 5.69 Å². The Bertz CT molecular complexity index is 707. The average molecular weight is 330 g/mol. The fraction of sp³-hybridized carbons (Fsp3) is 0.400. The summed E-state index contributed by atoms with van der Waals surface area (Å²) in [5, 5.41) is 10.6. The SMILES string of the molecule is C[C@@H](C(=O)N1CCN(c2ccc([N+](=O)[O-])nc2)CC1)n1ccnc1. The fourth-order valence-electron chi connectivity index (χ4n) is 2.75. The number of pyridine rings is 1. The van der Waals surface area contributed by atoms with Crippen LogP contribution in [0.2, 0.25) is 0 Å². The van der Waals surface area contributed by atoms with Gasteiger partial charge in [0.15, 0.2) is 6.20 Å². The predicted octanol–water partition coefficient (Wildman–Crippen LogP) is 1.10. The summed E-state index contributed by atoms with van der Waals surface area (Å²) in [6, 6.07) is 2.81. The third-order valence-corrected chi connectivity index (χ3v) is 4.21. The summed E-state index contributed by atoms with van der Waals surface area (Å²) in [7, 11) is 0. The molecule has 9 heteroatoms. The number of nitrogens with zero attached hydrogens (tertiary/aromatic N) is 6. The highest BCUT2D eigenvalue weighted by Gasteiger charge is 2.26. The molecule has 24 heavy (non-hydrogen) atoms. The molecule has 0 saturated carbocycles. The molecule has 126 valence electrons. The number of aromatic nitrogens is 3. The van der Waals surface area contributed by atoms with E-state index in [2.05, 4.69) is 14.9 Å². The molecule has 0 aromatic carbocycles. The molecule has 3 heterocycles. The van der Waals surface area contributed by atoms with E-state index in [1.54, 1.807) is 29.4 Å². The van der Waals surface area contributed by atoms with Crippen LogP contribution < -0.4 is 4.90 Å². The summed E-state index contributed by atoms with van der Waals surface area (Å²) < 4.78 is 1.79. The lowest BCUT2D eigenvalue weighted by molar-refractivity contribution is -0.389. The van der Waals surface area contributed by atoms with Gasteiger partial charge in [-0.25, -0.2) is 4.98 Å². The average Bonchev–Trinajstić information content (AvgIpc) is 3.15. The molecule has 1 fully saturated rings. The van der Waals surface area contributed by atoms with Crippen LogP contribution in [0.15, 0.2) is 37.1 Å². The Morgan fingerprint density at radius 2 is 2.04 bits per heavy atom. The second-order valence-electron chi connectivity index (χ2n) is 5.63. The van der Waals surface area contributed by atoms with Crippen LogP contribution in [-0.2, 0) is 4.79 Å². The van der Waals surface area contributed by atoms with E-state index >= 15 is 0 Å². The number of piperazine rings is 1. The van der Waals surface area contributed by atoms with Crippen LogP contribution in [-0.4, -0.2) is 56.4 Å². The lowest BCUT2D eigenvalue weighted by Gasteiger charge is -2.36. The molecule has 3 rings (SSSR count). The molecule has 0 unspecified atom stereocenters. The molecule has 9 nitrogen and oxygen atoms in total. The number of nitro groups is 1. The number of carbonyl (C=O) groups excluding carboxylic acids is 1. The Balaban J connectivity index is 1.59. The van der Waals surface area contributed by atoms with E-state index in [1.807, 2.05) is 11.8 Å². The van der Waals surface area contributed by atoms with Crippen molar-refractivity contribution in [3.8, 4) is 0 Å². The quantitative estimate of drug-likeness (QED) is 0.615. The molecule has 1 aliphatic rings. The number of amides is 1. The molecule has 0 N–H and O–H groups in total. The van der Waals surface area contributed by atoms with Crippen molar-refractivity contribution in [2.24, 2.45) is 0 Å². The zero-order valence-corrected chi connectivity index (χ0v) is 13.3. The molecule has 0 bridgehead atoms. The Labute approximate surface area is 138 Å². The fourth-order valence-corrected chi connectivity index (χ4v) is 2.75. The van der Waals surface area contributed by atoms with E-state index in [4.69, 9.17) is 0 Å². The third kappa shape index (κ3) is 3.19. The Kier molecular flexibility index (Phi) is 4.41. The van der Waals surface area contributed by atoms with Gasteiger partial charge in [0.25, 0.3) is 0 Å². The molecule has 1 amide bonds. The first-order valence-corrected chi connectivity index (χ1v) is 7.68. The monoisotopic (exact) mass is 330 g/mol. The van der Waals surface area contributed by atoms with E-state index in [9.17, 15) is 14.9 Å². The first kappa shape index (κ1) is 15.9. The van der Waals surface area contributed by atoms with Gasteiger partial charge in [0.05, 0.1) is 12.0 Å². The largest absolute Gasteiger partial charge is 0.365 e. The maximum absolute atomic E-state index is 12.5. The molecule has 1 aliphatic heterocycles. The van der Waals surface area contributed by atoms with Gasteiger partial charge in [-0.15, -0.1) is 0 Å². The molecule has 2 aromatic heterocycles. The first-order chi connectivity index (χ1) is 11.6. The van der Waals surface area contributed by atoms with Crippen LogP contribution in [0.5, 0.6) is 0 Å². The van der Waals surface area contributed by atoms with Crippen molar-refractivity contribution in [2.75, 3.05) is 31.1 Å². The lowest BCUT2D eigenvalue weighted by Crippen LogP contribution is -2.50. The van der Waals surface area contributed by atoms with Gasteiger partial charge in [-0.2, -0.15) is 0 Å². The van der Waals surface area contributed by atoms with Crippen LogP contribution in [0.4, 0.5) is 11.5 Å². The van der Waals surface area contributed by atoms with Gasteiger partial charge in [0.2, 0.25) is 5.91 Å². The number of rotatable bonds is 4. The highest BCUT2D eigenvalue weighted by Crippen LogP contribution is 2.19. The molecular weight excluding hydrogens is 312 g/mol. The van der Waals surface area contributed by atoms with Crippen molar-refractivity contribution < 1.29 is 9.72 Å². The second kappa shape index (κ2) is 6.65. The molecule has 0 radical (unpaired) electrons. The summed E-state index contributed by atoms with van der Waals surface area (Å²) >= 11 is 0. The maximum atomic E-state index is 12.5. The standard InChI is InChI=1S/C15H18N6O3/c1-12(20-5-4-16-11-20)15(22)19-8-6-18(7-9-19)13-2-3-14(17-10-13)21(23)24/h2-5,10-12H,6-9H2,1H3/t12-/m0/s1. The van der Waals surface area contributed by atoms with Gasteiger partial charge >= 0.3 is 5.82 Å². The zero-order valence-electron chi connectivity index (χ0n) is 13.3. The summed E-state index contributed by atoms with van der Waals surface area (Å²) in [6.45, 7) is 4.41. The minimum absolute atomic E-state index is 0.0643. The van der Waals surface area contributed by atoms with E-state index in [0.29, 0.717) is 26.2 Å². The summed E-state index contributed by atoms with van der Waals surface area (Å²) in [6.07, 6.45) is 6.58. The van der Waals surface area contributed by atoms with Crippen molar-refractivity contribution in [3.63, 3.8) is 0 Å². The zero-order chi connectivity index (χ0) is 17.1. The van der Waals surface area contributed by atoms with Crippen molar-refractivity contribution in [1.82, 2.24) is 19.4 Å². The maximum Gasteiger partial charge on any atom is 0.363 e. The van der Waals surface area contributed by atoms with E-state index < -0.39 is 4.92 Å². The number of imidazole rings is 1. The molecule has 0 aliphatic carbocycles. The van der Waals surface area contributed by atoms with Crippen LogP contribution in [0, 0.1) is 10.1 Å². The number of carbonyl (C=O) groups is 1. The van der Waals surface area contributed by atoms with Crippen LogP contribution in [0.3, 0.4) is 0 Å². The van der Waals surface area contributed by atoms with E-state index in [-0.39, 0.29) is 17.8 Å². The van der Waals surface area contributed by atoms with Crippen molar-refractivity contribution in [1.29, 1.82) is 0 Å². The Morgan fingerprint density at radius 3 is 2.58 bits per heavy atom. The van der Waals surface area contributed by atoms with Gasteiger partial charge in [-0.1, -0.05) is 0 Å². The van der Waals surface area contributed by atoms with Gasteiger partial charge in [-0.3, -0.25) is 4.79 Å². The topological polar surface area (TPSA) is 97.4 Å². The van der Waals surface area contributed by atoms with E-state index in [1.165, 1.54) is 12.3 Å². The molecule has 2 aromatic rings. The van der Waals surface area contributed by atoms with Crippen molar-refractivity contribution in [3.05, 3.63) is 47.2 Å². The highest BCUT2D eigenvalue weighted by molar-refractivity contribution is 5.80. The van der Waals surface area contributed by atoms with Crippen LogP contribution >= 0.6 is 0 Å². The first-order valence-electron chi connectivity index (χ1n) is 7.68. The van der Waals surface area contributed by atoms with Crippen LogP contribution in [0.25, 0.3) is 0 Å². The van der Waals surface area contributed by atoms with Gasteiger partial charge < -0.3 is 24.5 Å². The minimum atomic E-state index is -0.516. The Hall–Kier alpha value is -2.97.